The van der Waals surface area contributed by atoms with Crippen molar-refractivity contribution in [3.8, 4) is 17.2 Å². The number of hydrogen-bond acceptors (Lipinski definition) is 5. The van der Waals surface area contributed by atoms with Gasteiger partial charge in [-0.1, -0.05) is 24.3 Å². The van der Waals surface area contributed by atoms with Crippen LogP contribution in [0.3, 0.4) is 0 Å². The highest BCUT2D eigenvalue weighted by molar-refractivity contribution is 6.02. The second-order valence-corrected chi connectivity index (χ2v) is 7.48. The molecule has 1 fully saturated rings. The molecule has 5 heteroatoms. The van der Waals surface area contributed by atoms with Crippen LogP contribution in [0.1, 0.15) is 49.3 Å². The fourth-order valence-corrected chi connectivity index (χ4v) is 4.67. The third-order valence-corrected chi connectivity index (χ3v) is 6.00. The molecule has 2 heterocycles. The molecule has 140 valence electrons. The first-order chi connectivity index (χ1) is 13.2. The topological polar surface area (TPSA) is 43.3 Å². The van der Waals surface area contributed by atoms with E-state index in [0.29, 0.717) is 0 Å². The molecule has 0 bridgehead atoms. The standard InChI is InChI=1S/C22H24N2O3/c1-25-16-8-5-7-15(13-16)18-14-19-17-9-6-10-20(26-2)21(17)27-22(24(19)23-18)11-3-4-12-22/h5-10,13,19H,3-4,11-12,14H2,1-2H3/t19-/m0/s1. The zero-order valence-corrected chi connectivity index (χ0v) is 15.8. The number of hydrogen-bond donors (Lipinski definition) is 0. The fourth-order valence-electron chi connectivity index (χ4n) is 4.67. The van der Waals surface area contributed by atoms with Gasteiger partial charge in [0.1, 0.15) is 5.75 Å². The molecular weight excluding hydrogens is 340 g/mol. The Labute approximate surface area is 159 Å². The Hall–Kier alpha value is -2.69. The number of para-hydroxylation sites is 1. The van der Waals surface area contributed by atoms with Crippen molar-refractivity contribution in [2.45, 2.75) is 43.9 Å². The largest absolute Gasteiger partial charge is 0.497 e. The van der Waals surface area contributed by atoms with Gasteiger partial charge >= 0.3 is 0 Å². The van der Waals surface area contributed by atoms with E-state index >= 15 is 0 Å². The van der Waals surface area contributed by atoms with E-state index in [1.165, 1.54) is 0 Å². The number of hydrazone groups is 1. The Morgan fingerprint density at radius 3 is 2.67 bits per heavy atom. The van der Waals surface area contributed by atoms with Crippen LogP contribution in [-0.4, -0.2) is 30.7 Å². The summed E-state index contributed by atoms with van der Waals surface area (Å²) >= 11 is 0. The van der Waals surface area contributed by atoms with Crippen LogP contribution < -0.4 is 14.2 Å². The van der Waals surface area contributed by atoms with Gasteiger partial charge in [-0.25, -0.2) is 5.01 Å². The molecule has 1 atom stereocenters. The van der Waals surface area contributed by atoms with Gasteiger partial charge in [0.25, 0.3) is 0 Å². The van der Waals surface area contributed by atoms with Crippen molar-refractivity contribution in [1.29, 1.82) is 0 Å². The van der Waals surface area contributed by atoms with Crippen molar-refractivity contribution in [3.63, 3.8) is 0 Å². The SMILES string of the molecule is COc1cccc(C2=NN3[C@@H](C2)c2cccc(OC)c2OC32CCCC2)c1. The maximum Gasteiger partial charge on any atom is 0.198 e. The molecular formula is C22H24N2O3. The summed E-state index contributed by atoms with van der Waals surface area (Å²) in [5.74, 6) is 2.56. The van der Waals surface area contributed by atoms with Crippen molar-refractivity contribution < 1.29 is 14.2 Å². The second-order valence-electron chi connectivity index (χ2n) is 7.48. The van der Waals surface area contributed by atoms with Gasteiger partial charge in [0.2, 0.25) is 0 Å². The summed E-state index contributed by atoms with van der Waals surface area (Å²) in [7, 11) is 3.40. The molecule has 27 heavy (non-hydrogen) atoms. The Bertz CT molecular complexity index is 902. The van der Waals surface area contributed by atoms with E-state index in [-0.39, 0.29) is 11.8 Å². The molecule has 0 amide bonds. The maximum atomic E-state index is 6.61. The fraction of sp³-hybridized carbons (Fsp3) is 0.409. The summed E-state index contributed by atoms with van der Waals surface area (Å²) in [5.41, 5.74) is 3.01. The molecule has 5 rings (SSSR count). The van der Waals surface area contributed by atoms with E-state index < -0.39 is 0 Å². The van der Waals surface area contributed by atoms with Gasteiger partial charge in [-0.05, 0) is 31.0 Å². The van der Waals surface area contributed by atoms with Gasteiger partial charge in [-0.3, -0.25) is 0 Å². The normalized spacial score (nSPS) is 22.1. The van der Waals surface area contributed by atoms with Crippen LogP contribution >= 0.6 is 0 Å². The molecule has 1 aliphatic carbocycles. The molecule has 0 aromatic heterocycles. The smallest absolute Gasteiger partial charge is 0.198 e. The Balaban J connectivity index is 1.60. The highest BCUT2D eigenvalue weighted by Gasteiger charge is 2.52. The van der Waals surface area contributed by atoms with Crippen LogP contribution in [0, 0.1) is 0 Å². The van der Waals surface area contributed by atoms with E-state index in [9.17, 15) is 0 Å². The molecule has 0 saturated heterocycles. The van der Waals surface area contributed by atoms with Gasteiger partial charge in [-0.15, -0.1) is 0 Å². The average molecular weight is 364 g/mol. The van der Waals surface area contributed by atoms with Crippen molar-refractivity contribution in [2.24, 2.45) is 5.10 Å². The number of methoxy groups -OCH3 is 2. The van der Waals surface area contributed by atoms with Crippen LogP contribution in [0.2, 0.25) is 0 Å². The van der Waals surface area contributed by atoms with Crippen LogP contribution in [0.25, 0.3) is 0 Å². The molecule has 1 saturated carbocycles. The lowest BCUT2D eigenvalue weighted by atomic mass is 9.93. The Kier molecular flexibility index (Phi) is 3.78. The lowest BCUT2D eigenvalue weighted by Gasteiger charge is -2.46. The molecule has 0 radical (unpaired) electrons. The van der Waals surface area contributed by atoms with Gasteiger partial charge in [-0.2, -0.15) is 5.10 Å². The molecule has 3 aliphatic rings. The molecule has 2 aromatic rings. The Morgan fingerprint density at radius 1 is 1.07 bits per heavy atom. The number of fused-ring (bicyclic) bond motifs is 4. The minimum absolute atomic E-state index is 0.183. The summed E-state index contributed by atoms with van der Waals surface area (Å²) in [5, 5.41) is 7.31. The first-order valence-corrected chi connectivity index (χ1v) is 9.61. The third-order valence-electron chi connectivity index (χ3n) is 6.00. The van der Waals surface area contributed by atoms with Crippen molar-refractivity contribution in [2.75, 3.05) is 14.2 Å². The van der Waals surface area contributed by atoms with Gasteiger partial charge < -0.3 is 14.2 Å². The zero-order valence-electron chi connectivity index (χ0n) is 15.8. The lowest BCUT2D eigenvalue weighted by molar-refractivity contribution is -0.115. The summed E-state index contributed by atoms with van der Waals surface area (Å²) in [6, 6.07) is 14.5. The minimum atomic E-state index is -0.354. The molecule has 1 spiro atoms. The summed E-state index contributed by atoms with van der Waals surface area (Å²) < 4.78 is 17.6. The zero-order chi connectivity index (χ0) is 18.4. The Morgan fingerprint density at radius 2 is 1.89 bits per heavy atom. The first-order valence-electron chi connectivity index (χ1n) is 9.61. The molecule has 0 N–H and O–H groups in total. The van der Waals surface area contributed by atoms with Gasteiger partial charge in [0, 0.05) is 30.4 Å². The number of rotatable bonds is 3. The lowest BCUT2D eigenvalue weighted by Crippen LogP contribution is -2.51. The number of benzene rings is 2. The quantitative estimate of drug-likeness (QED) is 0.803. The summed E-state index contributed by atoms with van der Waals surface area (Å²) in [4.78, 5) is 0. The van der Waals surface area contributed by atoms with Gasteiger partial charge in [0.05, 0.1) is 26.0 Å². The van der Waals surface area contributed by atoms with E-state index in [1.54, 1.807) is 14.2 Å². The van der Waals surface area contributed by atoms with Crippen molar-refractivity contribution in [1.82, 2.24) is 5.01 Å². The highest BCUT2D eigenvalue weighted by atomic mass is 16.5. The average Bonchev–Trinajstić information content (AvgIpc) is 3.36. The molecule has 5 nitrogen and oxygen atoms in total. The molecule has 2 aliphatic heterocycles. The van der Waals surface area contributed by atoms with Gasteiger partial charge in [0.15, 0.2) is 17.2 Å². The minimum Gasteiger partial charge on any atom is -0.497 e. The van der Waals surface area contributed by atoms with E-state index in [2.05, 4.69) is 23.2 Å². The van der Waals surface area contributed by atoms with Crippen molar-refractivity contribution >= 4 is 5.71 Å². The van der Waals surface area contributed by atoms with E-state index in [1.807, 2.05) is 24.3 Å². The maximum absolute atomic E-state index is 6.61. The van der Waals surface area contributed by atoms with Crippen LogP contribution in [0.5, 0.6) is 17.2 Å². The predicted octanol–water partition coefficient (Wildman–Crippen LogP) is 4.52. The van der Waals surface area contributed by atoms with E-state index in [4.69, 9.17) is 19.3 Å². The number of nitrogens with zero attached hydrogens (tertiary/aromatic N) is 2. The summed E-state index contributed by atoms with van der Waals surface area (Å²) in [6.45, 7) is 0. The predicted molar refractivity (Wildman–Crippen MR) is 104 cm³/mol. The highest BCUT2D eigenvalue weighted by Crippen LogP contribution is 2.54. The summed E-state index contributed by atoms with van der Waals surface area (Å²) in [6.07, 6.45) is 5.18. The van der Waals surface area contributed by atoms with Crippen LogP contribution in [-0.2, 0) is 0 Å². The van der Waals surface area contributed by atoms with Crippen LogP contribution in [0.4, 0.5) is 0 Å². The second kappa shape index (κ2) is 6.19. The molecule has 0 unspecified atom stereocenters. The monoisotopic (exact) mass is 364 g/mol. The van der Waals surface area contributed by atoms with E-state index in [0.717, 1.165) is 66.2 Å². The first kappa shape index (κ1) is 16.5. The van der Waals surface area contributed by atoms with Crippen molar-refractivity contribution in [3.05, 3.63) is 53.6 Å². The third kappa shape index (κ3) is 2.48. The van der Waals surface area contributed by atoms with Crippen LogP contribution in [0.15, 0.2) is 47.6 Å². The number of ether oxygens (including phenoxy) is 3. The molecule has 2 aromatic carbocycles.